The van der Waals surface area contributed by atoms with E-state index in [9.17, 15) is 0 Å². The molecule has 0 radical (unpaired) electrons. The molecule has 1 N–H and O–H groups in total. The van der Waals surface area contributed by atoms with Crippen molar-refractivity contribution in [3.63, 3.8) is 0 Å². The number of benzene rings is 1. The SMILES string of the molecule is CCNCc1cccc(COCc2cccc(OC)c2)n1. The van der Waals surface area contributed by atoms with Crippen LogP contribution in [0.2, 0.25) is 0 Å². The number of nitrogens with one attached hydrogen (secondary N) is 1. The van der Waals surface area contributed by atoms with Crippen molar-refractivity contribution in [2.45, 2.75) is 26.7 Å². The molecule has 0 aliphatic rings. The summed E-state index contributed by atoms with van der Waals surface area (Å²) >= 11 is 0. The molecule has 0 unspecified atom stereocenters. The first kappa shape index (κ1) is 15.5. The second-order valence-corrected chi connectivity index (χ2v) is 4.74. The third-order valence-electron chi connectivity index (χ3n) is 3.07. The third-order valence-corrected chi connectivity index (χ3v) is 3.07. The van der Waals surface area contributed by atoms with E-state index in [-0.39, 0.29) is 0 Å². The molecule has 0 saturated carbocycles. The molecule has 0 aliphatic carbocycles. The molecule has 0 atom stereocenters. The molecule has 4 heteroatoms. The quantitative estimate of drug-likeness (QED) is 0.810. The average Bonchev–Trinajstić information content (AvgIpc) is 2.53. The summed E-state index contributed by atoms with van der Waals surface area (Å²) in [7, 11) is 1.67. The van der Waals surface area contributed by atoms with Gasteiger partial charge in [-0.15, -0.1) is 0 Å². The molecule has 1 heterocycles. The highest BCUT2D eigenvalue weighted by Gasteiger charge is 2.00. The Morgan fingerprint density at radius 1 is 1.05 bits per heavy atom. The summed E-state index contributed by atoms with van der Waals surface area (Å²) in [5.74, 6) is 0.849. The lowest BCUT2D eigenvalue weighted by molar-refractivity contribution is 0.104. The zero-order valence-corrected chi connectivity index (χ0v) is 12.6. The highest BCUT2D eigenvalue weighted by Crippen LogP contribution is 2.13. The minimum Gasteiger partial charge on any atom is -0.497 e. The summed E-state index contributed by atoms with van der Waals surface area (Å²) in [5.41, 5.74) is 3.09. The molecule has 0 amide bonds. The van der Waals surface area contributed by atoms with Crippen LogP contribution in [-0.4, -0.2) is 18.6 Å². The summed E-state index contributed by atoms with van der Waals surface area (Å²) in [6.45, 7) is 4.88. The highest BCUT2D eigenvalue weighted by molar-refractivity contribution is 5.27. The maximum absolute atomic E-state index is 5.73. The summed E-state index contributed by atoms with van der Waals surface area (Å²) < 4.78 is 10.9. The Balaban J connectivity index is 1.85. The van der Waals surface area contributed by atoms with E-state index < -0.39 is 0 Å². The van der Waals surface area contributed by atoms with Gasteiger partial charge >= 0.3 is 0 Å². The maximum atomic E-state index is 5.73. The van der Waals surface area contributed by atoms with Crippen LogP contribution in [0.1, 0.15) is 23.9 Å². The fourth-order valence-electron chi connectivity index (χ4n) is 2.00. The Bertz CT molecular complexity index is 558. The van der Waals surface area contributed by atoms with Crippen molar-refractivity contribution in [2.75, 3.05) is 13.7 Å². The van der Waals surface area contributed by atoms with Gasteiger partial charge in [0.25, 0.3) is 0 Å². The number of hydrogen-bond donors (Lipinski definition) is 1. The fourth-order valence-corrected chi connectivity index (χ4v) is 2.00. The predicted molar refractivity (Wildman–Crippen MR) is 83.1 cm³/mol. The monoisotopic (exact) mass is 286 g/mol. The molecule has 0 fully saturated rings. The molecule has 21 heavy (non-hydrogen) atoms. The summed E-state index contributed by atoms with van der Waals surface area (Å²) in [6, 6.07) is 13.9. The molecule has 2 rings (SSSR count). The molecular weight excluding hydrogens is 264 g/mol. The van der Waals surface area contributed by atoms with Gasteiger partial charge in [0.05, 0.1) is 31.7 Å². The minimum atomic E-state index is 0.511. The molecule has 0 aliphatic heterocycles. The lowest BCUT2D eigenvalue weighted by atomic mass is 10.2. The van der Waals surface area contributed by atoms with Crippen molar-refractivity contribution in [3.05, 3.63) is 59.4 Å². The Kier molecular flexibility index (Phi) is 6.19. The van der Waals surface area contributed by atoms with Crippen LogP contribution in [0.3, 0.4) is 0 Å². The Hall–Kier alpha value is -1.91. The van der Waals surface area contributed by atoms with Crippen LogP contribution in [0.4, 0.5) is 0 Å². The minimum absolute atomic E-state index is 0.511. The number of methoxy groups -OCH3 is 1. The molecule has 4 nitrogen and oxygen atoms in total. The van der Waals surface area contributed by atoms with Gasteiger partial charge in [-0.3, -0.25) is 4.98 Å². The maximum Gasteiger partial charge on any atom is 0.119 e. The zero-order valence-electron chi connectivity index (χ0n) is 12.6. The van der Waals surface area contributed by atoms with Gasteiger partial charge in [-0.2, -0.15) is 0 Å². The highest BCUT2D eigenvalue weighted by atomic mass is 16.5. The number of aromatic nitrogens is 1. The van der Waals surface area contributed by atoms with Crippen molar-refractivity contribution in [1.82, 2.24) is 10.3 Å². The van der Waals surface area contributed by atoms with Crippen molar-refractivity contribution >= 4 is 0 Å². The van der Waals surface area contributed by atoms with Crippen LogP contribution >= 0.6 is 0 Å². The summed E-state index contributed by atoms with van der Waals surface area (Å²) in [5, 5.41) is 3.27. The van der Waals surface area contributed by atoms with Gasteiger partial charge in [0.1, 0.15) is 5.75 Å². The van der Waals surface area contributed by atoms with Gasteiger partial charge in [-0.25, -0.2) is 0 Å². The normalized spacial score (nSPS) is 10.6. The number of pyridine rings is 1. The van der Waals surface area contributed by atoms with E-state index in [0.29, 0.717) is 13.2 Å². The van der Waals surface area contributed by atoms with E-state index in [0.717, 1.165) is 35.8 Å². The van der Waals surface area contributed by atoms with Gasteiger partial charge in [0, 0.05) is 6.54 Å². The second-order valence-electron chi connectivity index (χ2n) is 4.74. The van der Waals surface area contributed by atoms with Crippen LogP contribution in [0.15, 0.2) is 42.5 Å². The Labute approximate surface area is 126 Å². The molecule has 1 aromatic carbocycles. The first-order valence-corrected chi connectivity index (χ1v) is 7.18. The number of rotatable bonds is 8. The second kappa shape index (κ2) is 8.39. The number of nitrogens with zero attached hydrogens (tertiary/aromatic N) is 1. The van der Waals surface area contributed by atoms with E-state index in [1.54, 1.807) is 7.11 Å². The van der Waals surface area contributed by atoms with Gasteiger partial charge in [0.2, 0.25) is 0 Å². The molecular formula is C17H22N2O2. The first-order valence-electron chi connectivity index (χ1n) is 7.18. The van der Waals surface area contributed by atoms with E-state index in [2.05, 4.69) is 17.2 Å². The standard InChI is InChI=1S/C17H22N2O2/c1-3-18-11-15-7-5-8-16(19-15)13-21-12-14-6-4-9-17(10-14)20-2/h4-10,18H,3,11-13H2,1-2H3. The van der Waals surface area contributed by atoms with Crippen LogP contribution in [-0.2, 0) is 24.5 Å². The molecule has 0 spiro atoms. The summed E-state index contributed by atoms with van der Waals surface area (Å²) in [6.07, 6.45) is 0. The number of hydrogen-bond acceptors (Lipinski definition) is 4. The third kappa shape index (κ3) is 5.17. The lowest BCUT2D eigenvalue weighted by Crippen LogP contribution is -2.13. The Morgan fingerprint density at radius 2 is 1.86 bits per heavy atom. The van der Waals surface area contributed by atoms with E-state index >= 15 is 0 Å². The molecule has 0 saturated heterocycles. The van der Waals surface area contributed by atoms with Crippen molar-refractivity contribution < 1.29 is 9.47 Å². The van der Waals surface area contributed by atoms with Crippen molar-refractivity contribution in [1.29, 1.82) is 0 Å². The van der Waals surface area contributed by atoms with E-state index in [1.165, 1.54) is 0 Å². The molecule has 1 aromatic heterocycles. The zero-order chi connectivity index (χ0) is 14.9. The van der Waals surface area contributed by atoms with Crippen LogP contribution < -0.4 is 10.1 Å². The van der Waals surface area contributed by atoms with Crippen molar-refractivity contribution in [2.24, 2.45) is 0 Å². The van der Waals surface area contributed by atoms with Crippen molar-refractivity contribution in [3.8, 4) is 5.75 Å². The van der Waals surface area contributed by atoms with E-state index in [4.69, 9.17) is 9.47 Å². The van der Waals surface area contributed by atoms with Gasteiger partial charge in [0.15, 0.2) is 0 Å². The van der Waals surface area contributed by atoms with Crippen LogP contribution in [0.25, 0.3) is 0 Å². The van der Waals surface area contributed by atoms with E-state index in [1.807, 2.05) is 42.5 Å². The largest absolute Gasteiger partial charge is 0.497 e. The topological polar surface area (TPSA) is 43.4 Å². The van der Waals surface area contributed by atoms with Gasteiger partial charge < -0.3 is 14.8 Å². The smallest absolute Gasteiger partial charge is 0.119 e. The van der Waals surface area contributed by atoms with Crippen LogP contribution in [0.5, 0.6) is 5.75 Å². The fraction of sp³-hybridized carbons (Fsp3) is 0.353. The average molecular weight is 286 g/mol. The van der Waals surface area contributed by atoms with Gasteiger partial charge in [-0.05, 0) is 36.4 Å². The number of ether oxygens (including phenoxy) is 2. The van der Waals surface area contributed by atoms with Crippen LogP contribution in [0, 0.1) is 0 Å². The molecule has 2 aromatic rings. The molecule has 0 bridgehead atoms. The Morgan fingerprint density at radius 3 is 2.67 bits per heavy atom. The lowest BCUT2D eigenvalue weighted by Gasteiger charge is -2.07. The van der Waals surface area contributed by atoms with Gasteiger partial charge in [-0.1, -0.05) is 25.1 Å². The molecule has 112 valence electrons. The summed E-state index contributed by atoms with van der Waals surface area (Å²) in [4.78, 5) is 4.56. The first-order chi connectivity index (χ1) is 10.3. The predicted octanol–water partition coefficient (Wildman–Crippen LogP) is 2.92.